The minimum Gasteiger partial charge on any atom is -0.353 e. The summed E-state index contributed by atoms with van der Waals surface area (Å²) in [7, 11) is 4.89. The molecule has 0 spiro atoms. The van der Waals surface area contributed by atoms with Crippen LogP contribution in [0.4, 0.5) is 11.5 Å². The van der Waals surface area contributed by atoms with Crippen LogP contribution in [0.25, 0.3) is 0 Å². The lowest BCUT2D eigenvalue weighted by Gasteiger charge is -2.18. The maximum Gasteiger partial charge on any atom is 0.334 e. The smallest absolute Gasteiger partial charge is 0.334 e. The Labute approximate surface area is 117 Å². The SMILES string of the molecule is CC(Nc1c([N+](=O)[O-])c(C(C)C)nn1C)C(=O)N(C)C. The number of anilines is 1. The van der Waals surface area contributed by atoms with Crippen molar-refractivity contribution in [1.29, 1.82) is 0 Å². The number of amides is 1. The molecule has 8 heteroatoms. The summed E-state index contributed by atoms with van der Waals surface area (Å²) in [5.41, 5.74) is 0.338. The second kappa shape index (κ2) is 5.89. The third-order valence-electron chi connectivity index (χ3n) is 2.94. The number of nitrogens with zero attached hydrogens (tertiary/aromatic N) is 4. The van der Waals surface area contributed by atoms with E-state index in [9.17, 15) is 14.9 Å². The molecule has 0 aromatic carbocycles. The molecule has 0 aliphatic rings. The molecule has 1 aromatic rings. The Bertz CT molecular complexity index is 521. The molecule has 1 unspecified atom stereocenters. The molecule has 0 radical (unpaired) electrons. The second-order valence-corrected chi connectivity index (χ2v) is 5.22. The average Bonchev–Trinajstić information content (AvgIpc) is 2.66. The van der Waals surface area contributed by atoms with Crippen molar-refractivity contribution >= 4 is 17.4 Å². The zero-order valence-corrected chi connectivity index (χ0v) is 12.7. The number of hydrogen-bond donors (Lipinski definition) is 1. The Hall–Kier alpha value is -2.12. The number of carbonyl (C=O) groups excluding carboxylic acids is 1. The van der Waals surface area contributed by atoms with Crippen LogP contribution in [0, 0.1) is 10.1 Å². The fourth-order valence-corrected chi connectivity index (χ4v) is 1.92. The van der Waals surface area contributed by atoms with E-state index in [1.54, 1.807) is 28.1 Å². The minimum atomic E-state index is -0.570. The molecule has 20 heavy (non-hydrogen) atoms. The molecule has 1 heterocycles. The van der Waals surface area contributed by atoms with Crippen molar-refractivity contribution in [2.45, 2.75) is 32.7 Å². The third-order valence-corrected chi connectivity index (χ3v) is 2.94. The van der Waals surface area contributed by atoms with E-state index in [2.05, 4.69) is 10.4 Å². The molecule has 1 amide bonds. The lowest BCUT2D eigenvalue weighted by atomic mass is 10.1. The molecule has 0 aliphatic heterocycles. The van der Waals surface area contributed by atoms with Crippen molar-refractivity contribution < 1.29 is 9.72 Å². The normalized spacial score (nSPS) is 12.3. The van der Waals surface area contributed by atoms with Crippen molar-refractivity contribution in [2.75, 3.05) is 19.4 Å². The van der Waals surface area contributed by atoms with Gasteiger partial charge in [0.05, 0.1) is 4.92 Å². The molecule has 8 nitrogen and oxygen atoms in total. The van der Waals surface area contributed by atoms with Crippen LogP contribution in [0.2, 0.25) is 0 Å². The van der Waals surface area contributed by atoms with E-state index in [1.165, 1.54) is 9.58 Å². The molecular weight excluding hydrogens is 262 g/mol. The number of nitrogens with one attached hydrogen (secondary N) is 1. The first-order valence-corrected chi connectivity index (χ1v) is 6.35. The first-order chi connectivity index (χ1) is 9.16. The van der Waals surface area contributed by atoms with Crippen LogP contribution in [0.3, 0.4) is 0 Å². The molecule has 0 aliphatic carbocycles. The quantitative estimate of drug-likeness (QED) is 0.650. The average molecular weight is 283 g/mol. The minimum absolute atomic E-state index is 0.0686. The van der Waals surface area contributed by atoms with Crippen molar-refractivity contribution in [3.63, 3.8) is 0 Å². The molecule has 1 rings (SSSR count). The van der Waals surface area contributed by atoms with Crippen LogP contribution < -0.4 is 5.32 Å². The first-order valence-electron chi connectivity index (χ1n) is 6.35. The summed E-state index contributed by atoms with van der Waals surface area (Å²) in [5, 5.41) is 18.3. The van der Waals surface area contributed by atoms with Crippen molar-refractivity contribution in [3.8, 4) is 0 Å². The highest BCUT2D eigenvalue weighted by Crippen LogP contribution is 2.33. The van der Waals surface area contributed by atoms with E-state index < -0.39 is 11.0 Å². The van der Waals surface area contributed by atoms with Gasteiger partial charge in [-0.25, -0.2) is 4.68 Å². The molecule has 0 saturated carbocycles. The lowest BCUT2D eigenvalue weighted by Crippen LogP contribution is -2.37. The van der Waals surface area contributed by atoms with E-state index >= 15 is 0 Å². The summed E-state index contributed by atoms with van der Waals surface area (Å²) in [6.45, 7) is 5.34. The molecule has 0 bridgehead atoms. The second-order valence-electron chi connectivity index (χ2n) is 5.22. The molecular formula is C12H21N5O3. The standard InChI is InChI=1S/C12H21N5O3/c1-7(2)9-10(17(19)20)11(16(6)14-9)13-8(3)12(18)15(4)5/h7-8,13H,1-6H3. The molecule has 1 N–H and O–H groups in total. The summed E-state index contributed by atoms with van der Waals surface area (Å²) in [4.78, 5) is 24.1. The number of aromatic nitrogens is 2. The largest absolute Gasteiger partial charge is 0.353 e. The number of rotatable bonds is 5. The summed E-state index contributed by atoms with van der Waals surface area (Å²) in [6, 6.07) is -0.570. The number of hydrogen-bond acceptors (Lipinski definition) is 5. The fraction of sp³-hybridized carbons (Fsp3) is 0.667. The summed E-state index contributed by atoms with van der Waals surface area (Å²) in [5.74, 6) is 0.0185. The Kier molecular flexibility index (Phi) is 4.69. The van der Waals surface area contributed by atoms with Gasteiger partial charge in [0.2, 0.25) is 11.7 Å². The predicted octanol–water partition coefficient (Wildman–Crippen LogP) is 1.34. The van der Waals surface area contributed by atoms with Gasteiger partial charge in [0.1, 0.15) is 11.7 Å². The lowest BCUT2D eigenvalue weighted by molar-refractivity contribution is -0.384. The highest BCUT2D eigenvalue weighted by atomic mass is 16.6. The number of carbonyl (C=O) groups is 1. The Morgan fingerprint density at radius 1 is 1.40 bits per heavy atom. The van der Waals surface area contributed by atoms with Crippen LogP contribution in [0.5, 0.6) is 0 Å². The van der Waals surface area contributed by atoms with Crippen LogP contribution in [-0.4, -0.2) is 45.6 Å². The predicted molar refractivity (Wildman–Crippen MR) is 75.7 cm³/mol. The Morgan fingerprint density at radius 2 is 1.95 bits per heavy atom. The van der Waals surface area contributed by atoms with Gasteiger partial charge >= 0.3 is 5.69 Å². The first kappa shape index (κ1) is 15.9. The highest BCUT2D eigenvalue weighted by Gasteiger charge is 2.30. The Balaban J connectivity index is 3.18. The van der Waals surface area contributed by atoms with Gasteiger partial charge in [0.15, 0.2) is 0 Å². The summed E-state index contributed by atoms with van der Waals surface area (Å²) < 4.78 is 1.41. The van der Waals surface area contributed by atoms with Gasteiger partial charge in [-0.05, 0) is 6.92 Å². The van der Waals surface area contributed by atoms with Crippen molar-refractivity contribution in [2.24, 2.45) is 7.05 Å². The molecule has 1 atom stereocenters. The zero-order chi connectivity index (χ0) is 15.6. The van der Waals surface area contributed by atoms with E-state index in [1.807, 2.05) is 13.8 Å². The third kappa shape index (κ3) is 3.06. The maximum atomic E-state index is 11.8. The number of likely N-dealkylation sites (N-methyl/N-ethyl adjacent to an activating group) is 1. The summed E-state index contributed by atoms with van der Waals surface area (Å²) >= 11 is 0. The monoisotopic (exact) mass is 283 g/mol. The fourth-order valence-electron chi connectivity index (χ4n) is 1.92. The van der Waals surface area contributed by atoms with Crippen molar-refractivity contribution in [3.05, 3.63) is 15.8 Å². The highest BCUT2D eigenvalue weighted by molar-refractivity contribution is 5.84. The zero-order valence-electron chi connectivity index (χ0n) is 12.7. The van der Waals surface area contributed by atoms with Gasteiger partial charge in [-0.15, -0.1) is 0 Å². The number of aryl methyl sites for hydroxylation is 1. The van der Waals surface area contributed by atoms with E-state index in [0.717, 1.165) is 0 Å². The molecule has 112 valence electrons. The van der Waals surface area contributed by atoms with Crippen LogP contribution in [0.1, 0.15) is 32.4 Å². The molecule has 1 aromatic heterocycles. The van der Waals surface area contributed by atoms with Gasteiger partial charge in [0.25, 0.3) is 0 Å². The topological polar surface area (TPSA) is 93.3 Å². The van der Waals surface area contributed by atoms with Gasteiger partial charge in [-0.2, -0.15) is 5.10 Å². The van der Waals surface area contributed by atoms with Crippen molar-refractivity contribution in [1.82, 2.24) is 14.7 Å². The Morgan fingerprint density at radius 3 is 2.35 bits per heavy atom. The van der Waals surface area contributed by atoms with Gasteiger partial charge in [-0.3, -0.25) is 14.9 Å². The molecule has 0 saturated heterocycles. The maximum absolute atomic E-state index is 11.8. The van der Waals surface area contributed by atoms with Gasteiger partial charge < -0.3 is 10.2 Å². The van der Waals surface area contributed by atoms with Crippen LogP contribution in [0.15, 0.2) is 0 Å². The van der Waals surface area contributed by atoms with E-state index in [4.69, 9.17) is 0 Å². The van der Waals surface area contributed by atoms with E-state index in [0.29, 0.717) is 5.69 Å². The van der Waals surface area contributed by atoms with E-state index in [-0.39, 0.29) is 23.3 Å². The van der Waals surface area contributed by atoms with Gasteiger partial charge in [-0.1, -0.05) is 13.8 Å². The summed E-state index contributed by atoms with van der Waals surface area (Å²) in [6.07, 6.45) is 0. The van der Waals surface area contributed by atoms with Crippen LogP contribution >= 0.6 is 0 Å². The molecule has 0 fully saturated rings. The number of nitro groups is 1. The van der Waals surface area contributed by atoms with Crippen LogP contribution in [-0.2, 0) is 11.8 Å². The van der Waals surface area contributed by atoms with Gasteiger partial charge in [0, 0.05) is 27.1 Å².